The van der Waals surface area contributed by atoms with Crippen LogP contribution in [0.5, 0.6) is 5.75 Å². The normalized spacial score (nSPS) is 10.4. The van der Waals surface area contributed by atoms with Crippen LogP contribution in [0.4, 0.5) is 0 Å². The van der Waals surface area contributed by atoms with Gasteiger partial charge in [-0.05, 0) is 22.6 Å². The van der Waals surface area contributed by atoms with Crippen LogP contribution in [0.15, 0.2) is 24.3 Å². The van der Waals surface area contributed by atoms with Gasteiger partial charge >= 0.3 is 0 Å². The summed E-state index contributed by atoms with van der Waals surface area (Å²) < 4.78 is 1.49. The molecule has 0 aliphatic carbocycles. The largest absolute Gasteiger partial charge is 0.508 e. The smallest absolute Gasteiger partial charge is 0.170 e. The number of aromatic hydroxyl groups is 1. The minimum Gasteiger partial charge on any atom is -0.508 e. The third-order valence-electron chi connectivity index (χ3n) is 1.79. The Morgan fingerprint density at radius 2 is 2.29 bits per heavy atom. The zero-order valence-corrected chi connectivity index (χ0v) is 7.33. The Kier molecular flexibility index (Phi) is 2.11. The molecule has 3 N–H and O–H groups in total. The van der Waals surface area contributed by atoms with Crippen LogP contribution in [0, 0.1) is 0 Å². The van der Waals surface area contributed by atoms with Gasteiger partial charge in [-0.15, -0.1) is 5.10 Å². The standard InChI is InChI=1S/C8H9N5O/c9-5-8-10-11-12-13(8)6-2-1-3-7(14)4-6/h1-4,14H,5,9H2. The monoisotopic (exact) mass is 191 g/mol. The summed E-state index contributed by atoms with van der Waals surface area (Å²) in [5.41, 5.74) is 6.13. The minimum atomic E-state index is 0.168. The van der Waals surface area contributed by atoms with Crippen LogP contribution in [-0.2, 0) is 6.54 Å². The lowest BCUT2D eigenvalue weighted by Crippen LogP contribution is -2.07. The van der Waals surface area contributed by atoms with E-state index in [1.54, 1.807) is 24.3 Å². The van der Waals surface area contributed by atoms with Crippen LogP contribution >= 0.6 is 0 Å². The van der Waals surface area contributed by atoms with Crippen molar-refractivity contribution in [1.82, 2.24) is 20.2 Å². The first kappa shape index (κ1) is 8.64. The van der Waals surface area contributed by atoms with Crippen LogP contribution in [0.1, 0.15) is 5.82 Å². The number of rotatable bonds is 2. The lowest BCUT2D eigenvalue weighted by molar-refractivity contribution is 0.474. The molecule has 2 aromatic rings. The molecule has 0 unspecified atom stereocenters. The number of hydrogen-bond donors (Lipinski definition) is 2. The van der Waals surface area contributed by atoms with Crippen molar-refractivity contribution >= 4 is 0 Å². The number of tetrazole rings is 1. The lowest BCUT2D eigenvalue weighted by atomic mass is 10.3. The molecule has 2 rings (SSSR count). The second-order valence-electron chi connectivity index (χ2n) is 2.73. The predicted molar refractivity (Wildman–Crippen MR) is 48.7 cm³/mol. The van der Waals surface area contributed by atoms with E-state index in [0.717, 1.165) is 0 Å². The van der Waals surface area contributed by atoms with E-state index in [1.165, 1.54) is 4.68 Å². The molecule has 0 saturated carbocycles. The quantitative estimate of drug-likeness (QED) is 0.687. The van der Waals surface area contributed by atoms with Gasteiger partial charge in [0.2, 0.25) is 0 Å². The number of phenolic OH excluding ortho intramolecular Hbond substituents is 1. The van der Waals surface area contributed by atoms with E-state index in [-0.39, 0.29) is 12.3 Å². The summed E-state index contributed by atoms with van der Waals surface area (Å²) in [6.07, 6.45) is 0. The Morgan fingerprint density at radius 1 is 1.43 bits per heavy atom. The van der Waals surface area contributed by atoms with Crippen LogP contribution in [-0.4, -0.2) is 25.3 Å². The van der Waals surface area contributed by atoms with E-state index in [4.69, 9.17) is 5.73 Å². The Bertz CT molecular complexity index is 439. The van der Waals surface area contributed by atoms with Gasteiger partial charge in [0.15, 0.2) is 5.82 Å². The summed E-state index contributed by atoms with van der Waals surface area (Å²) in [5, 5.41) is 20.3. The van der Waals surface area contributed by atoms with Gasteiger partial charge in [0.05, 0.1) is 12.2 Å². The summed E-state index contributed by atoms with van der Waals surface area (Å²) >= 11 is 0. The molecular formula is C8H9N5O. The molecule has 14 heavy (non-hydrogen) atoms. The van der Waals surface area contributed by atoms with Gasteiger partial charge < -0.3 is 10.8 Å². The molecule has 0 aliphatic rings. The van der Waals surface area contributed by atoms with Gasteiger partial charge in [-0.25, -0.2) is 0 Å². The predicted octanol–water partition coefficient (Wildman–Crippen LogP) is -0.173. The maximum absolute atomic E-state index is 9.26. The van der Waals surface area contributed by atoms with Crippen LogP contribution in [0.25, 0.3) is 5.69 Å². The van der Waals surface area contributed by atoms with Crippen molar-refractivity contribution in [2.45, 2.75) is 6.54 Å². The molecule has 1 heterocycles. The molecule has 0 radical (unpaired) electrons. The summed E-state index contributed by atoms with van der Waals surface area (Å²) in [6, 6.07) is 6.65. The zero-order valence-electron chi connectivity index (χ0n) is 7.33. The van der Waals surface area contributed by atoms with E-state index >= 15 is 0 Å². The van der Waals surface area contributed by atoms with E-state index in [0.29, 0.717) is 11.5 Å². The summed E-state index contributed by atoms with van der Waals surface area (Å²) in [6.45, 7) is 0.253. The van der Waals surface area contributed by atoms with Gasteiger partial charge in [0.1, 0.15) is 5.75 Å². The first-order valence-corrected chi connectivity index (χ1v) is 4.08. The van der Waals surface area contributed by atoms with Crippen molar-refractivity contribution in [2.24, 2.45) is 5.73 Å². The van der Waals surface area contributed by atoms with E-state index in [2.05, 4.69) is 15.5 Å². The van der Waals surface area contributed by atoms with Gasteiger partial charge in [-0.3, -0.25) is 0 Å². The molecule has 0 bridgehead atoms. The molecular weight excluding hydrogens is 182 g/mol. The molecule has 0 spiro atoms. The maximum Gasteiger partial charge on any atom is 0.170 e. The number of nitrogens with zero attached hydrogens (tertiary/aromatic N) is 4. The topological polar surface area (TPSA) is 89.9 Å². The maximum atomic E-state index is 9.26. The van der Waals surface area contributed by atoms with E-state index < -0.39 is 0 Å². The first-order valence-electron chi connectivity index (χ1n) is 4.08. The Labute approximate surface area is 80.0 Å². The highest BCUT2D eigenvalue weighted by molar-refractivity contribution is 5.37. The molecule has 0 aliphatic heterocycles. The number of aromatic nitrogens is 4. The van der Waals surface area contributed by atoms with Gasteiger partial charge in [-0.2, -0.15) is 4.68 Å². The third-order valence-corrected chi connectivity index (χ3v) is 1.79. The average Bonchev–Trinajstić information content (AvgIpc) is 2.65. The fourth-order valence-corrected chi connectivity index (χ4v) is 1.16. The number of hydrogen-bond acceptors (Lipinski definition) is 5. The molecule has 0 amide bonds. The van der Waals surface area contributed by atoms with Crippen molar-refractivity contribution < 1.29 is 5.11 Å². The van der Waals surface area contributed by atoms with Crippen LogP contribution in [0.2, 0.25) is 0 Å². The highest BCUT2D eigenvalue weighted by Gasteiger charge is 2.05. The van der Waals surface area contributed by atoms with Crippen molar-refractivity contribution in [2.75, 3.05) is 0 Å². The molecule has 1 aromatic carbocycles. The van der Waals surface area contributed by atoms with Crippen molar-refractivity contribution in [1.29, 1.82) is 0 Å². The molecule has 6 nitrogen and oxygen atoms in total. The fourth-order valence-electron chi connectivity index (χ4n) is 1.16. The molecule has 6 heteroatoms. The summed E-state index contributed by atoms with van der Waals surface area (Å²) in [4.78, 5) is 0. The molecule has 0 saturated heterocycles. The zero-order chi connectivity index (χ0) is 9.97. The van der Waals surface area contributed by atoms with Gasteiger partial charge in [-0.1, -0.05) is 6.07 Å². The molecule has 0 atom stereocenters. The molecule has 72 valence electrons. The number of benzene rings is 1. The first-order chi connectivity index (χ1) is 6.81. The Hall–Kier alpha value is -1.95. The average molecular weight is 191 g/mol. The minimum absolute atomic E-state index is 0.168. The Balaban J connectivity index is 2.49. The highest BCUT2D eigenvalue weighted by Crippen LogP contribution is 2.14. The highest BCUT2D eigenvalue weighted by atomic mass is 16.3. The van der Waals surface area contributed by atoms with Crippen molar-refractivity contribution in [3.8, 4) is 11.4 Å². The van der Waals surface area contributed by atoms with Gasteiger partial charge in [0, 0.05) is 6.07 Å². The Morgan fingerprint density at radius 3 is 3.00 bits per heavy atom. The van der Waals surface area contributed by atoms with Gasteiger partial charge in [0.25, 0.3) is 0 Å². The summed E-state index contributed by atoms with van der Waals surface area (Å²) in [7, 11) is 0. The van der Waals surface area contributed by atoms with Crippen molar-refractivity contribution in [3.05, 3.63) is 30.1 Å². The van der Waals surface area contributed by atoms with Crippen LogP contribution < -0.4 is 5.73 Å². The number of nitrogens with two attached hydrogens (primary N) is 1. The summed E-state index contributed by atoms with van der Waals surface area (Å²) in [5.74, 6) is 0.719. The second kappa shape index (κ2) is 3.43. The number of phenols is 1. The van der Waals surface area contributed by atoms with E-state index in [9.17, 15) is 5.11 Å². The van der Waals surface area contributed by atoms with Crippen molar-refractivity contribution in [3.63, 3.8) is 0 Å². The SMILES string of the molecule is NCc1nnnn1-c1cccc(O)c1. The van der Waals surface area contributed by atoms with E-state index in [1.807, 2.05) is 0 Å². The van der Waals surface area contributed by atoms with Crippen LogP contribution in [0.3, 0.4) is 0 Å². The lowest BCUT2D eigenvalue weighted by Gasteiger charge is -2.02. The fraction of sp³-hybridized carbons (Fsp3) is 0.125. The molecule has 0 fully saturated rings. The molecule has 1 aromatic heterocycles. The third kappa shape index (κ3) is 1.42. The second-order valence-corrected chi connectivity index (χ2v) is 2.73.